The van der Waals surface area contributed by atoms with Crippen LogP contribution >= 0.6 is 0 Å². The molecule has 1 atom stereocenters. The molecule has 162 valence electrons. The van der Waals surface area contributed by atoms with E-state index in [0.29, 0.717) is 11.9 Å². The van der Waals surface area contributed by atoms with Gasteiger partial charge in [0, 0.05) is 68.5 Å². The zero-order valence-electron chi connectivity index (χ0n) is 17.8. The Hall–Kier alpha value is -3.26. The van der Waals surface area contributed by atoms with Crippen molar-refractivity contribution in [3.8, 4) is 0 Å². The van der Waals surface area contributed by atoms with Gasteiger partial charge in [-0.2, -0.15) is 9.97 Å². The maximum absolute atomic E-state index is 6.02. The molecule has 2 saturated heterocycles. The molecular formula is C23H30N8. The third kappa shape index (κ3) is 4.16. The molecule has 2 aromatic heterocycles. The first-order valence-corrected chi connectivity index (χ1v) is 11.0. The van der Waals surface area contributed by atoms with E-state index in [1.807, 2.05) is 12.3 Å². The molecule has 3 aromatic rings. The van der Waals surface area contributed by atoms with E-state index in [1.54, 1.807) is 0 Å². The van der Waals surface area contributed by atoms with E-state index in [-0.39, 0.29) is 0 Å². The molecule has 0 spiro atoms. The Bertz CT molecular complexity index is 1050. The van der Waals surface area contributed by atoms with Crippen LogP contribution in [0, 0.1) is 5.92 Å². The molecule has 0 bridgehead atoms. The summed E-state index contributed by atoms with van der Waals surface area (Å²) >= 11 is 0. The van der Waals surface area contributed by atoms with E-state index >= 15 is 0 Å². The third-order valence-electron chi connectivity index (χ3n) is 6.25. The highest BCUT2D eigenvalue weighted by atomic mass is 15.2. The Labute approximate surface area is 182 Å². The summed E-state index contributed by atoms with van der Waals surface area (Å²) in [5.74, 6) is 1.83. The van der Waals surface area contributed by atoms with Gasteiger partial charge in [0.15, 0.2) is 0 Å². The van der Waals surface area contributed by atoms with Crippen LogP contribution in [0.3, 0.4) is 0 Å². The summed E-state index contributed by atoms with van der Waals surface area (Å²) in [5, 5.41) is 7.81. The van der Waals surface area contributed by atoms with Crippen LogP contribution in [-0.2, 0) is 0 Å². The zero-order chi connectivity index (χ0) is 21.2. The molecule has 5 N–H and O–H groups in total. The summed E-state index contributed by atoms with van der Waals surface area (Å²) in [7, 11) is 0. The summed E-state index contributed by atoms with van der Waals surface area (Å²) in [6.07, 6.45) is 4.07. The number of H-pyrrole nitrogens is 1. The van der Waals surface area contributed by atoms with Crippen LogP contribution in [0.4, 0.5) is 23.1 Å². The summed E-state index contributed by atoms with van der Waals surface area (Å²) in [6.45, 7) is 9.90. The van der Waals surface area contributed by atoms with E-state index in [0.717, 1.165) is 80.3 Å². The SMILES string of the molecule is C=C(N)C1CCCN(c2nc(Nc3ccc(N4CCNCC4)cc3)nc3[nH]ccc23)C1. The number of aromatic nitrogens is 3. The highest BCUT2D eigenvalue weighted by molar-refractivity contribution is 5.89. The molecule has 0 radical (unpaired) electrons. The lowest BCUT2D eigenvalue weighted by Crippen LogP contribution is -2.43. The Morgan fingerprint density at radius 1 is 1.06 bits per heavy atom. The van der Waals surface area contributed by atoms with Crippen LogP contribution in [0.5, 0.6) is 0 Å². The van der Waals surface area contributed by atoms with Crippen molar-refractivity contribution < 1.29 is 0 Å². The van der Waals surface area contributed by atoms with Crippen LogP contribution in [0.2, 0.25) is 0 Å². The van der Waals surface area contributed by atoms with Gasteiger partial charge in [-0.1, -0.05) is 6.58 Å². The van der Waals surface area contributed by atoms with E-state index in [1.165, 1.54) is 5.69 Å². The minimum atomic E-state index is 0.298. The van der Waals surface area contributed by atoms with Gasteiger partial charge in [-0.25, -0.2) is 0 Å². The molecule has 2 fully saturated rings. The van der Waals surface area contributed by atoms with Crippen molar-refractivity contribution in [2.75, 3.05) is 54.4 Å². The number of fused-ring (bicyclic) bond motifs is 1. The molecule has 2 aliphatic heterocycles. The lowest BCUT2D eigenvalue weighted by atomic mass is 9.95. The van der Waals surface area contributed by atoms with Crippen molar-refractivity contribution in [2.24, 2.45) is 11.7 Å². The number of benzene rings is 1. The van der Waals surface area contributed by atoms with Crippen LogP contribution < -0.4 is 26.2 Å². The monoisotopic (exact) mass is 418 g/mol. The largest absolute Gasteiger partial charge is 0.402 e. The number of anilines is 4. The van der Waals surface area contributed by atoms with Crippen LogP contribution in [0.1, 0.15) is 12.8 Å². The number of nitrogens with one attached hydrogen (secondary N) is 3. The van der Waals surface area contributed by atoms with Gasteiger partial charge in [0.25, 0.3) is 0 Å². The van der Waals surface area contributed by atoms with Crippen LogP contribution in [0.25, 0.3) is 11.0 Å². The number of nitrogens with two attached hydrogens (primary N) is 1. The maximum Gasteiger partial charge on any atom is 0.231 e. The van der Waals surface area contributed by atoms with Crippen LogP contribution in [0.15, 0.2) is 48.8 Å². The van der Waals surface area contributed by atoms with Gasteiger partial charge in [-0.15, -0.1) is 0 Å². The standard InChI is InChI=1S/C23H30N8/c1-16(24)17-3-2-12-31(15-17)22-20-8-9-26-21(20)28-23(29-22)27-18-4-6-19(7-5-18)30-13-10-25-11-14-30/h4-9,17,25H,1-3,10-15,24H2,(H2,26,27,28,29). The predicted octanol–water partition coefficient (Wildman–Crippen LogP) is 2.80. The Morgan fingerprint density at radius 2 is 1.87 bits per heavy atom. The van der Waals surface area contributed by atoms with Gasteiger partial charge in [0.05, 0.1) is 5.39 Å². The second-order valence-electron chi connectivity index (χ2n) is 8.38. The minimum absolute atomic E-state index is 0.298. The highest BCUT2D eigenvalue weighted by Crippen LogP contribution is 2.31. The van der Waals surface area contributed by atoms with Gasteiger partial charge in [-0.3, -0.25) is 0 Å². The van der Waals surface area contributed by atoms with Gasteiger partial charge in [-0.05, 0) is 43.2 Å². The van der Waals surface area contributed by atoms with E-state index in [2.05, 4.69) is 61.2 Å². The third-order valence-corrected chi connectivity index (χ3v) is 6.25. The van der Waals surface area contributed by atoms with Gasteiger partial charge in [0.1, 0.15) is 11.5 Å². The minimum Gasteiger partial charge on any atom is -0.402 e. The van der Waals surface area contributed by atoms with Crippen molar-refractivity contribution in [3.05, 3.63) is 48.8 Å². The lowest BCUT2D eigenvalue weighted by Gasteiger charge is -2.34. The molecule has 4 heterocycles. The molecule has 8 heteroatoms. The molecule has 0 saturated carbocycles. The normalized spacial score (nSPS) is 19.5. The van der Waals surface area contributed by atoms with Crippen molar-refractivity contribution in [1.29, 1.82) is 0 Å². The molecule has 1 unspecified atom stereocenters. The number of aromatic amines is 1. The summed E-state index contributed by atoms with van der Waals surface area (Å²) in [4.78, 5) is 17.5. The molecule has 8 nitrogen and oxygen atoms in total. The van der Waals surface area contributed by atoms with Crippen molar-refractivity contribution in [1.82, 2.24) is 20.3 Å². The molecule has 5 rings (SSSR count). The molecule has 2 aliphatic rings. The van der Waals surface area contributed by atoms with E-state index in [9.17, 15) is 0 Å². The number of piperazine rings is 1. The van der Waals surface area contributed by atoms with Crippen molar-refractivity contribution >= 4 is 34.2 Å². The average molecular weight is 419 g/mol. The smallest absolute Gasteiger partial charge is 0.231 e. The summed E-state index contributed by atoms with van der Waals surface area (Å²) in [5.41, 5.74) is 9.83. The van der Waals surface area contributed by atoms with Gasteiger partial charge in [0.2, 0.25) is 5.95 Å². The molecular weight excluding hydrogens is 388 g/mol. The number of hydrogen-bond donors (Lipinski definition) is 4. The number of rotatable bonds is 5. The first kappa shape index (κ1) is 19.7. The quantitative estimate of drug-likeness (QED) is 0.506. The number of hydrogen-bond acceptors (Lipinski definition) is 7. The molecule has 0 amide bonds. The summed E-state index contributed by atoms with van der Waals surface area (Å²) in [6, 6.07) is 10.5. The van der Waals surface area contributed by atoms with Crippen LogP contribution in [-0.4, -0.2) is 54.2 Å². The highest BCUT2D eigenvalue weighted by Gasteiger charge is 2.24. The summed E-state index contributed by atoms with van der Waals surface area (Å²) < 4.78 is 0. The Morgan fingerprint density at radius 3 is 2.65 bits per heavy atom. The van der Waals surface area contributed by atoms with Gasteiger partial charge < -0.3 is 31.2 Å². The molecule has 1 aromatic carbocycles. The maximum atomic E-state index is 6.02. The number of nitrogens with zero attached hydrogens (tertiary/aromatic N) is 4. The first-order valence-electron chi connectivity index (χ1n) is 11.0. The fourth-order valence-corrected chi connectivity index (χ4v) is 4.50. The fourth-order valence-electron chi connectivity index (χ4n) is 4.50. The van der Waals surface area contributed by atoms with Crippen molar-refractivity contribution in [3.63, 3.8) is 0 Å². The second-order valence-corrected chi connectivity index (χ2v) is 8.38. The fraction of sp³-hybridized carbons (Fsp3) is 0.391. The first-order chi connectivity index (χ1) is 15.2. The average Bonchev–Trinajstić information content (AvgIpc) is 3.28. The van der Waals surface area contributed by atoms with E-state index in [4.69, 9.17) is 10.7 Å². The Balaban J connectivity index is 1.38. The molecule has 31 heavy (non-hydrogen) atoms. The Kier molecular flexibility index (Phi) is 5.38. The predicted molar refractivity (Wildman–Crippen MR) is 127 cm³/mol. The zero-order valence-corrected chi connectivity index (χ0v) is 17.8. The second kappa shape index (κ2) is 8.47. The molecule has 0 aliphatic carbocycles. The topological polar surface area (TPSA) is 98.1 Å². The lowest BCUT2D eigenvalue weighted by molar-refractivity contribution is 0.462. The number of piperidine rings is 1. The van der Waals surface area contributed by atoms with Crippen molar-refractivity contribution in [2.45, 2.75) is 12.8 Å². The van der Waals surface area contributed by atoms with Gasteiger partial charge >= 0.3 is 0 Å². The van der Waals surface area contributed by atoms with E-state index < -0.39 is 0 Å².